The lowest BCUT2D eigenvalue weighted by Gasteiger charge is -1.92. The fourth-order valence-electron chi connectivity index (χ4n) is 3.31. The molecule has 0 saturated heterocycles. The van der Waals surface area contributed by atoms with Crippen molar-refractivity contribution in [1.29, 1.82) is 10.5 Å². The van der Waals surface area contributed by atoms with Crippen molar-refractivity contribution >= 4 is 46.4 Å². The van der Waals surface area contributed by atoms with E-state index < -0.39 is 0 Å². The number of fused-ring (bicyclic) bond motifs is 8. The van der Waals surface area contributed by atoms with Crippen molar-refractivity contribution in [2.24, 2.45) is 0 Å². The third-order valence-corrected chi connectivity index (χ3v) is 4.57. The molecule has 0 spiro atoms. The highest BCUT2D eigenvalue weighted by Gasteiger charge is 2.09. The summed E-state index contributed by atoms with van der Waals surface area (Å²) in [6.07, 6.45) is 9.71. The lowest BCUT2D eigenvalue weighted by molar-refractivity contribution is 1.19. The van der Waals surface area contributed by atoms with Gasteiger partial charge >= 0.3 is 0 Å². The Morgan fingerprint density at radius 3 is 1.89 bits per heavy atom. The molecule has 1 N–H and O–H groups in total. The molecule has 0 fully saturated rings. The monoisotopic (exact) mass is 360 g/mol. The maximum Gasteiger partial charge on any atom is 0.189 e. The van der Waals surface area contributed by atoms with Crippen LogP contribution in [0.15, 0.2) is 42.5 Å². The highest BCUT2D eigenvalue weighted by atomic mass is 15.0. The Morgan fingerprint density at radius 2 is 1.32 bits per heavy atom. The van der Waals surface area contributed by atoms with Crippen molar-refractivity contribution < 1.29 is 0 Å². The molecule has 0 aliphatic carbocycles. The van der Waals surface area contributed by atoms with Gasteiger partial charge in [-0.2, -0.15) is 10.5 Å². The predicted octanol–water partition coefficient (Wildman–Crippen LogP) is 4.33. The summed E-state index contributed by atoms with van der Waals surface area (Å²) in [5.74, 6) is 0. The van der Waals surface area contributed by atoms with Gasteiger partial charge in [0.1, 0.15) is 6.07 Å². The van der Waals surface area contributed by atoms with Gasteiger partial charge in [0.05, 0.1) is 39.4 Å². The minimum Gasteiger partial charge on any atom is -0.355 e. The maximum atomic E-state index is 9.68. The largest absolute Gasteiger partial charge is 0.355 e. The van der Waals surface area contributed by atoms with E-state index in [4.69, 9.17) is 0 Å². The average Bonchev–Trinajstić information content (AvgIpc) is 3.45. The normalized spacial score (nSPS) is 11.9. The van der Waals surface area contributed by atoms with E-state index in [0.717, 1.165) is 28.1 Å². The number of H-pyrrole nitrogens is 1. The number of rotatable bonds is 0. The highest BCUT2D eigenvalue weighted by molar-refractivity contribution is 5.80. The summed E-state index contributed by atoms with van der Waals surface area (Å²) >= 11 is 0. The summed E-state index contributed by atoms with van der Waals surface area (Å²) < 4.78 is 1.43. The molecule has 0 amide bonds. The van der Waals surface area contributed by atoms with Gasteiger partial charge in [-0.3, -0.25) is 0 Å². The van der Waals surface area contributed by atoms with E-state index in [1.165, 1.54) is 4.57 Å². The van der Waals surface area contributed by atoms with Crippen molar-refractivity contribution in [2.75, 3.05) is 0 Å². The van der Waals surface area contributed by atoms with Gasteiger partial charge in [-0.05, 0) is 66.8 Å². The molecule has 0 radical (unpaired) electrons. The molecule has 5 rings (SSSR count). The number of hydrogen-bond acceptors (Lipinski definition) is 4. The third kappa shape index (κ3) is 2.66. The molecular weight excluding hydrogens is 348 g/mol. The Hall–Kier alpha value is -4.42. The van der Waals surface area contributed by atoms with Crippen LogP contribution in [0, 0.1) is 22.8 Å². The van der Waals surface area contributed by atoms with E-state index in [9.17, 15) is 10.5 Å². The molecule has 8 bridgehead atoms. The first-order valence-electron chi connectivity index (χ1n) is 8.63. The Kier molecular flexibility index (Phi) is 3.43. The van der Waals surface area contributed by atoms with E-state index >= 15 is 0 Å². The molecule has 0 unspecified atom stereocenters. The second-order valence-corrected chi connectivity index (χ2v) is 6.45. The molecule has 3 aromatic heterocycles. The van der Waals surface area contributed by atoms with Gasteiger partial charge in [-0.25, -0.2) is 14.5 Å². The second kappa shape index (κ2) is 6.08. The number of nitriles is 2. The van der Waals surface area contributed by atoms with Crippen molar-refractivity contribution in [3.8, 4) is 12.3 Å². The molecule has 2 aliphatic rings. The van der Waals surface area contributed by atoms with Gasteiger partial charge in [0.25, 0.3) is 0 Å². The lowest BCUT2D eigenvalue weighted by Crippen LogP contribution is -1.87. The molecule has 3 aromatic rings. The molecule has 6 heteroatoms. The van der Waals surface area contributed by atoms with E-state index in [2.05, 4.69) is 27.2 Å². The Labute approximate surface area is 160 Å². The minimum atomic E-state index is 0.414. The average molecular weight is 360 g/mol. The molecule has 0 saturated carbocycles. The highest BCUT2D eigenvalue weighted by Crippen LogP contribution is 2.21. The zero-order valence-electron chi connectivity index (χ0n) is 14.6. The van der Waals surface area contributed by atoms with Crippen LogP contribution in [0.3, 0.4) is 0 Å². The van der Waals surface area contributed by atoms with Crippen molar-refractivity contribution in [2.45, 2.75) is 0 Å². The van der Waals surface area contributed by atoms with E-state index in [1.807, 2.05) is 48.6 Å². The van der Waals surface area contributed by atoms with Gasteiger partial charge in [-0.15, -0.1) is 0 Å². The fourth-order valence-corrected chi connectivity index (χ4v) is 3.31. The van der Waals surface area contributed by atoms with Crippen molar-refractivity contribution in [3.05, 3.63) is 70.8 Å². The van der Waals surface area contributed by atoms with Crippen LogP contribution in [-0.2, 0) is 0 Å². The number of nitrogens with zero attached hydrogens (tertiary/aromatic N) is 5. The van der Waals surface area contributed by atoms with Crippen molar-refractivity contribution in [1.82, 2.24) is 19.5 Å². The van der Waals surface area contributed by atoms with Gasteiger partial charge in [0.2, 0.25) is 0 Å². The summed E-state index contributed by atoms with van der Waals surface area (Å²) in [5, 5.41) is 19.2. The molecular formula is C22H12N6. The predicted molar refractivity (Wildman–Crippen MR) is 108 cm³/mol. The number of nitrogens with one attached hydrogen (secondary N) is 1. The van der Waals surface area contributed by atoms with E-state index in [-0.39, 0.29) is 0 Å². The van der Waals surface area contributed by atoms with Crippen LogP contribution in [0.5, 0.6) is 0 Å². The maximum absolute atomic E-state index is 9.68. The summed E-state index contributed by atoms with van der Waals surface area (Å²) in [5.41, 5.74) is 6.40. The SMILES string of the molecule is N#Cc1cc2cc3nc(cc4ccc(cc5nc(cc1n2C#N)C=C5)[nH]4)C=C3. The molecule has 5 heterocycles. The minimum absolute atomic E-state index is 0.414. The quantitative estimate of drug-likeness (QED) is 0.445. The number of hydrogen-bond donors (Lipinski definition) is 1. The van der Waals surface area contributed by atoms with Crippen LogP contribution in [0.4, 0.5) is 0 Å². The van der Waals surface area contributed by atoms with E-state index in [1.54, 1.807) is 18.2 Å². The van der Waals surface area contributed by atoms with Crippen LogP contribution in [0.25, 0.3) is 46.4 Å². The molecule has 6 nitrogen and oxygen atoms in total. The van der Waals surface area contributed by atoms with Gasteiger partial charge in [0.15, 0.2) is 6.19 Å². The number of aromatic nitrogens is 4. The second-order valence-electron chi connectivity index (χ2n) is 6.45. The Bertz CT molecular complexity index is 1430. The van der Waals surface area contributed by atoms with Crippen LogP contribution in [-0.4, -0.2) is 19.5 Å². The zero-order valence-corrected chi connectivity index (χ0v) is 14.6. The lowest BCUT2D eigenvalue weighted by atomic mass is 10.2. The Morgan fingerprint density at radius 1 is 0.750 bits per heavy atom. The van der Waals surface area contributed by atoms with Crippen LogP contribution < -0.4 is 0 Å². The standard InChI is InChI=1S/C22H12N6/c23-12-14-7-21-10-19-5-3-17(26-19)8-15-1-2-16(25-15)9-18-4-6-20(27-18)11-22(14)28(21)13-24/h1-11,25H. The Balaban J connectivity index is 1.94. The number of aromatic amines is 1. The third-order valence-electron chi connectivity index (χ3n) is 4.57. The summed E-state index contributed by atoms with van der Waals surface area (Å²) in [6.45, 7) is 0. The first-order valence-corrected chi connectivity index (χ1v) is 8.63. The summed E-state index contributed by atoms with van der Waals surface area (Å²) in [4.78, 5) is 12.5. The van der Waals surface area contributed by atoms with Crippen LogP contribution in [0.1, 0.15) is 28.3 Å². The fraction of sp³-hybridized carbons (Fsp3) is 0. The molecule has 28 heavy (non-hydrogen) atoms. The molecule has 0 atom stereocenters. The molecule has 130 valence electrons. The van der Waals surface area contributed by atoms with Gasteiger partial charge < -0.3 is 4.98 Å². The topological polar surface area (TPSA) is 94.1 Å². The van der Waals surface area contributed by atoms with Crippen molar-refractivity contribution in [3.63, 3.8) is 0 Å². The first-order chi connectivity index (χ1) is 13.7. The molecule has 0 aromatic carbocycles. The summed E-state index contributed by atoms with van der Waals surface area (Å²) in [6, 6.07) is 15.3. The first kappa shape index (κ1) is 15.8. The van der Waals surface area contributed by atoms with Crippen LogP contribution in [0.2, 0.25) is 0 Å². The van der Waals surface area contributed by atoms with Crippen LogP contribution >= 0.6 is 0 Å². The molecule has 2 aliphatic heterocycles. The summed E-state index contributed by atoms with van der Waals surface area (Å²) in [7, 11) is 0. The van der Waals surface area contributed by atoms with Gasteiger partial charge in [0, 0.05) is 11.0 Å². The van der Waals surface area contributed by atoms with E-state index in [0.29, 0.717) is 22.3 Å². The smallest absolute Gasteiger partial charge is 0.189 e. The van der Waals surface area contributed by atoms with Gasteiger partial charge in [-0.1, -0.05) is 0 Å². The zero-order chi connectivity index (χ0) is 19.1.